The lowest BCUT2D eigenvalue weighted by Gasteiger charge is -2.08. The molecule has 2 aromatic carbocycles. The second-order valence-corrected chi connectivity index (χ2v) is 7.62. The van der Waals surface area contributed by atoms with E-state index in [1.807, 2.05) is 30.3 Å². The fourth-order valence-electron chi connectivity index (χ4n) is 2.74. The molecule has 110 valence electrons. The molecule has 1 aliphatic rings. The Hall–Kier alpha value is -1.88. The molecule has 0 N–H and O–H groups in total. The van der Waals surface area contributed by atoms with E-state index >= 15 is 0 Å². The average Bonchev–Trinajstić information content (AvgIpc) is 2.85. The standard InChI is InChI=1S/C16H16O4S/c1-20-15-5-4-11-8-13(3-2-12(11)9-15)16(17)14-6-7-21(18,19)10-14/h2-5,8-9,14H,6-7,10H2,1H3. The van der Waals surface area contributed by atoms with E-state index < -0.39 is 15.8 Å². The topological polar surface area (TPSA) is 60.4 Å². The molecule has 1 atom stereocenters. The highest BCUT2D eigenvalue weighted by atomic mass is 32.2. The van der Waals surface area contributed by atoms with Crippen LogP contribution in [0.4, 0.5) is 0 Å². The number of rotatable bonds is 3. The number of ketones is 1. The van der Waals surface area contributed by atoms with Crippen LogP contribution in [-0.2, 0) is 9.84 Å². The van der Waals surface area contributed by atoms with Crippen LogP contribution in [0.5, 0.6) is 5.75 Å². The summed E-state index contributed by atoms with van der Waals surface area (Å²) in [7, 11) is -1.43. The summed E-state index contributed by atoms with van der Waals surface area (Å²) in [6.45, 7) is 0. The zero-order valence-electron chi connectivity index (χ0n) is 11.7. The molecular formula is C16H16O4S. The van der Waals surface area contributed by atoms with Gasteiger partial charge in [0.15, 0.2) is 15.6 Å². The van der Waals surface area contributed by atoms with E-state index in [0.717, 1.165) is 16.5 Å². The summed E-state index contributed by atoms with van der Waals surface area (Å²) in [6, 6.07) is 11.1. The summed E-state index contributed by atoms with van der Waals surface area (Å²) in [5, 5.41) is 1.94. The molecule has 4 nitrogen and oxygen atoms in total. The summed E-state index contributed by atoms with van der Waals surface area (Å²) >= 11 is 0. The number of sulfone groups is 1. The summed E-state index contributed by atoms with van der Waals surface area (Å²) in [5.41, 5.74) is 0.578. The van der Waals surface area contributed by atoms with Gasteiger partial charge in [-0.2, -0.15) is 0 Å². The number of fused-ring (bicyclic) bond motifs is 1. The summed E-state index contributed by atoms with van der Waals surface area (Å²) in [5.74, 6) is 0.392. The van der Waals surface area contributed by atoms with Gasteiger partial charge in [-0.25, -0.2) is 8.42 Å². The normalized spacial score (nSPS) is 20.5. The third-order valence-electron chi connectivity index (χ3n) is 3.94. The van der Waals surface area contributed by atoms with Crippen molar-refractivity contribution in [2.24, 2.45) is 5.92 Å². The van der Waals surface area contributed by atoms with Gasteiger partial charge in [-0.05, 0) is 35.4 Å². The van der Waals surface area contributed by atoms with Crippen LogP contribution in [0.25, 0.3) is 10.8 Å². The van der Waals surface area contributed by atoms with Gasteiger partial charge in [0.05, 0.1) is 18.6 Å². The Bertz CT molecular complexity index is 808. The molecule has 0 bridgehead atoms. The highest BCUT2D eigenvalue weighted by Gasteiger charge is 2.33. The minimum atomic E-state index is -3.04. The zero-order chi connectivity index (χ0) is 15.0. The van der Waals surface area contributed by atoms with Crippen LogP contribution < -0.4 is 4.74 Å². The van der Waals surface area contributed by atoms with E-state index in [2.05, 4.69) is 0 Å². The van der Waals surface area contributed by atoms with Crippen molar-refractivity contribution in [1.82, 2.24) is 0 Å². The van der Waals surface area contributed by atoms with Crippen molar-refractivity contribution >= 4 is 26.4 Å². The van der Waals surface area contributed by atoms with Gasteiger partial charge in [-0.3, -0.25) is 4.79 Å². The summed E-state index contributed by atoms with van der Waals surface area (Å²) in [6.07, 6.45) is 0.432. The van der Waals surface area contributed by atoms with Gasteiger partial charge >= 0.3 is 0 Å². The predicted molar refractivity (Wildman–Crippen MR) is 81.6 cm³/mol. The maximum absolute atomic E-state index is 12.4. The fraction of sp³-hybridized carbons (Fsp3) is 0.312. The van der Waals surface area contributed by atoms with Crippen LogP contribution in [0, 0.1) is 5.92 Å². The first kappa shape index (κ1) is 14.1. The molecule has 1 saturated heterocycles. The van der Waals surface area contributed by atoms with Gasteiger partial charge in [0.1, 0.15) is 5.75 Å². The Morgan fingerprint density at radius 3 is 2.52 bits per heavy atom. The number of carbonyl (C=O) groups excluding carboxylic acids is 1. The third-order valence-corrected chi connectivity index (χ3v) is 5.70. The van der Waals surface area contributed by atoms with E-state index in [1.54, 1.807) is 13.2 Å². The molecule has 5 heteroatoms. The zero-order valence-corrected chi connectivity index (χ0v) is 12.5. The minimum absolute atomic E-state index is 0.0213. The lowest BCUT2D eigenvalue weighted by molar-refractivity contribution is 0.0933. The molecule has 21 heavy (non-hydrogen) atoms. The highest BCUT2D eigenvalue weighted by Crippen LogP contribution is 2.26. The first-order valence-electron chi connectivity index (χ1n) is 6.81. The number of Topliss-reactive ketones (excluding diaryl/α,β-unsaturated/α-hetero) is 1. The largest absolute Gasteiger partial charge is 0.497 e. The van der Waals surface area contributed by atoms with Gasteiger partial charge in [0, 0.05) is 11.5 Å². The lowest BCUT2D eigenvalue weighted by atomic mass is 9.95. The van der Waals surface area contributed by atoms with Crippen molar-refractivity contribution in [3.05, 3.63) is 42.0 Å². The van der Waals surface area contributed by atoms with Crippen molar-refractivity contribution in [3.63, 3.8) is 0 Å². The van der Waals surface area contributed by atoms with Crippen LogP contribution in [-0.4, -0.2) is 32.8 Å². The third kappa shape index (κ3) is 2.78. The second-order valence-electron chi connectivity index (χ2n) is 5.39. The molecule has 0 aliphatic carbocycles. The number of hydrogen-bond donors (Lipinski definition) is 0. The Labute approximate surface area is 123 Å². The SMILES string of the molecule is COc1ccc2cc(C(=O)C3CCS(=O)(=O)C3)ccc2c1. The van der Waals surface area contributed by atoms with Crippen molar-refractivity contribution in [3.8, 4) is 5.75 Å². The molecule has 0 aromatic heterocycles. The maximum Gasteiger partial charge on any atom is 0.167 e. The van der Waals surface area contributed by atoms with Crippen LogP contribution in [0.2, 0.25) is 0 Å². The first-order valence-corrected chi connectivity index (χ1v) is 8.63. The van der Waals surface area contributed by atoms with Gasteiger partial charge in [-0.15, -0.1) is 0 Å². The van der Waals surface area contributed by atoms with Crippen molar-refractivity contribution in [2.45, 2.75) is 6.42 Å². The Kier molecular flexibility index (Phi) is 3.45. The number of methoxy groups -OCH3 is 1. The fourth-order valence-corrected chi connectivity index (χ4v) is 4.48. The quantitative estimate of drug-likeness (QED) is 0.817. The Balaban J connectivity index is 1.92. The van der Waals surface area contributed by atoms with E-state index in [0.29, 0.717) is 12.0 Å². The molecule has 3 rings (SSSR count). The molecule has 0 radical (unpaired) electrons. The van der Waals surface area contributed by atoms with Gasteiger partial charge < -0.3 is 4.74 Å². The minimum Gasteiger partial charge on any atom is -0.497 e. The Morgan fingerprint density at radius 1 is 1.14 bits per heavy atom. The number of carbonyl (C=O) groups is 1. The van der Waals surface area contributed by atoms with E-state index in [4.69, 9.17) is 4.74 Å². The molecule has 1 heterocycles. The van der Waals surface area contributed by atoms with E-state index in [-0.39, 0.29) is 17.3 Å². The summed E-state index contributed by atoms with van der Waals surface area (Å²) < 4.78 is 28.2. The average molecular weight is 304 g/mol. The number of hydrogen-bond acceptors (Lipinski definition) is 4. The van der Waals surface area contributed by atoms with Crippen molar-refractivity contribution < 1.29 is 17.9 Å². The molecule has 0 saturated carbocycles. The molecule has 1 aliphatic heterocycles. The molecule has 0 spiro atoms. The van der Waals surface area contributed by atoms with E-state index in [1.165, 1.54) is 0 Å². The number of benzene rings is 2. The highest BCUT2D eigenvalue weighted by molar-refractivity contribution is 7.91. The van der Waals surface area contributed by atoms with Crippen LogP contribution in [0.3, 0.4) is 0 Å². The first-order chi connectivity index (χ1) is 9.98. The monoisotopic (exact) mass is 304 g/mol. The van der Waals surface area contributed by atoms with Crippen LogP contribution in [0.15, 0.2) is 36.4 Å². The number of ether oxygens (including phenoxy) is 1. The molecule has 2 aromatic rings. The molecule has 1 unspecified atom stereocenters. The van der Waals surface area contributed by atoms with Gasteiger partial charge in [-0.1, -0.05) is 18.2 Å². The van der Waals surface area contributed by atoms with E-state index in [9.17, 15) is 13.2 Å². The Morgan fingerprint density at radius 2 is 1.86 bits per heavy atom. The van der Waals surface area contributed by atoms with Gasteiger partial charge in [0.25, 0.3) is 0 Å². The predicted octanol–water partition coefficient (Wildman–Crippen LogP) is 2.47. The molecule has 1 fully saturated rings. The second kappa shape index (κ2) is 5.15. The molecular weight excluding hydrogens is 288 g/mol. The maximum atomic E-state index is 12.4. The van der Waals surface area contributed by atoms with Crippen LogP contribution >= 0.6 is 0 Å². The molecule has 0 amide bonds. The van der Waals surface area contributed by atoms with Crippen molar-refractivity contribution in [2.75, 3.05) is 18.6 Å². The smallest absolute Gasteiger partial charge is 0.167 e. The van der Waals surface area contributed by atoms with Crippen molar-refractivity contribution in [1.29, 1.82) is 0 Å². The summed E-state index contributed by atoms with van der Waals surface area (Å²) in [4.78, 5) is 12.4. The van der Waals surface area contributed by atoms with Gasteiger partial charge in [0.2, 0.25) is 0 Å². The lowest BCUT2D eigenvalue weighted by Crippen LogP contribution is -2.16. The van der Waals surface area contributed by atoms with Crippen LogP contribution in [0.1, 0.15) is 16.8 Å².